The van der Waals surface area contributed by atoms with Gasteiger partial charge in [0.2, 0.25) is 0 Å². The zero-order chi connectivity index (χ0) is 14.9. The molecule has 2 atom stereocenters. The van der Waals surface area contributed by atoms with Gasteiger partial charge in [-0.25, -0.2) is 4.79 Å². The first-order valence-corrected chi connectivity index (χ1v) is 7.66. The molecule has 1 aliphatic carbocycles. The zero-order valence-electron chi connectivity index (χ0n) is 12.6. The molecule has 0 N–H and O–H groups in total. The van der Waals surface area contributed by atoms with E-state index in [0.29, 0.717) is 0 Å². The summed E-state index contributed by atoms with van der Waals surface area (Å²) in [6.07, 6.45) is 5.37. The third-order valence-electron chi connectivity index (χ3n) is 4.46. The molecule has 114 valence electrons. The second-order valence-corrected chi connectivity index (χ2v) is 6.04. The van der Waals surface area contributed by atoms with Gasteiger partial charge in [0, 0.05) is 0 Å². The number of benzene rings is 1. The van der Waals surface area contributed by atoms with Gasteiger partial charge in [0.1, 0.15) is 18.0 Å². The van der Waals surface area contributed by atoms with E-state index in [9.17, 15) is 4.79 Å². The van der Waals surface area contributed by atoms with E-state index in [4.69, 9.17) is 14.2 Å². The molecule has 3 rings (SSSR count). The van der Waals surface area contributed by atoms with E-state index in [2.05, 4.69) is 0 Å². The van der Waals surface area contributed by atoms with Gasteiger partial charge in [0.15, 0.2) is 5.60 Å². The molecule has 2 unspecified atom stereocenters. The lowest BCUT2D eigenvalue weighted by Crippen LogP contribution is -2.30. The van der Waals surface area contributed by atoms with E-state index in [-0.39, 0.29) is 18.2 Å². The number of methoxy groups -OCH3 is 1. The van der Waals surface area contributed by atoms with Crippen LogP contribution in [-0.2, 0) is 14.3 Å². The predicted molar refractivity (Wildman–Crippen MR) is 78.2 cm³/mol. The second-order valence-electron chi connectivity index (χ2n) is 6.04. The molecule has 4 heteroatoms. The monoisotopic (exact) mass is 290 g/mol. The average Bonchev–Trinajstić information content (AvgIpc) is 3.22. The number of hydrogen-bond acceptors (Lipinski definition) is 4. The van der Waals surface area contributed by atoms with Crippen molar-refractivity contribution in [3.63, 3.8) is 0 Å². The highest BCUT2D eigenvalue weighted by Gasteiger charge is 2.61. The average molecular weight is 290 g/mol. The van der Waals surface area contributed by atoms with Crippen molar-refractivity contribution in [1.82, 2.24) is 0 Å². The Morgan fingerprint density at radius 1 is 1.19 bits per heavy atom. The van der Waals surface area contributed by atoms with Gasteiger partial charge in [-0.3, -0.25) is 0 Å². The highest BCUT2D eigenvalue weighted by Crippen LogP contribution is 2.50. The highest BCUT2D eigenvalue weighted by molar-refractivity contribution is 5.83. The smallest absolute Gasteiger partial charge is 0.341 e. The number of esters is 1. The third-order valence-corrected chi connectivity index (χ3v) is 4.46. The number of carbonyl (C=O) groups is 1. The molecular weight excluding hydrogens is 268 g/mol. The van der Waals surface area contributed by atoms with E-state index in [0.717, 1.165) is 37.0 Å². The molecule has 21 heavy (non-hydrogen) atoms. The Bertz CT molecular complexity index is 504. The normalized spacial score (nSPS) is 29.0. The predicted octanol–water partition coefficient (Wildman–Crippen LogP) is 3.40. The van der Waals surface area contributed by atoms with Gasteiger partial charge in [-0.05, 0) is 50.3 Å². The minimum atomic E-state index is -0.827. The lowest BCUT2D eigenvalue weighted by atomic mass is 9.97. The molecule has 1 aromatic rings. The molecule has 1 aromatic carbocycles. The van der Waals surface area contributed by atoms with E-state index in [1.54, 1.807) is 7.11 Å². The van der Waals surface area contributed by atoms with Crippen molar-refractivity contribution in [2.75, 3.05) is 7.11 Å². The SMILES string of the molecule is COc1ccc(C2OC2(C)C(=O)OC2CCCCC2)cc1. The summed E-state index contributed by atoms with van der Waals surface area (Å²) in [6, 6.07) is 7.62. The van der Waals surface area contributed by atoms with E-state index >= 15 is 0 Å². The summed E-state index contributed by atoms with van der Waals surface area (Å²) >= 11 is 0. The van der Waals surface area contributed by atoms with Crippen LogP contribution in [0.2, 0.25) is 0 Å². The fourth-order valence-corrected chi connectivity index (χ4v) is 2.98. The Labute approximate surface area is 125 Å². The van der Waals surface area contributed by atoms with Crippen molar-refractivity contribution in [2.24, 2.45) is 0 Å². The van der Waals surface area contributed by atoms with Gasteiger partial charge in [0.05, 0.1) is 7.11 Å². The lowest BCUT2D eigenvalue weighted by molar-refractivity contribution is -0.156. The largest absolute Gasteiger partial charge is 0.497 e. The minimum Gasteiger partial charge on any atom is -0.497 e. The van der Waals surface area contributed by atoms with Gasteiger partial charge in [-0.1, -0.05) is 18.6 Å². The van der Waals surface area contributed by atoms with Crippen LogP contribution < -0.4 is 4.74 Å². The molecule has 0 amide bonds. The standard InChI is InChI=1S/C17H22O4/c1-17(16(18)20-14-6-4-3-5-7-14)15(21-17)12-8-10-13(19-2)11-9-12/h8-11,14-15H,3-7H2,1-2H3. The molecule has 0 aromatic heterocycles. The van der Waals surface area contributed by atoms with Crippen LogP contribution in [0.5, 0.6) is 5.75 Å². The van der Waals surface area contributed by atoms with Gasteiger partial charge in [0.25, 0.3) is 0 Å². The number of carbonyl (C=O) groups excluding carboxylic acids is 1. The number of hydrogen-bond donors (Lipinski definition) is 0. The Kier molecular flexibility index (Phi) is 3.89. The Balaban J connectivity index is 1.61. The maximum Gasteiger partial charge on any atom is 0.341 e. The molecule has 1 saturated carbocycles. The third kappa shape index (κ3) is 2.91. The first-order chi connectivity index (χ1) is 10.1. The number of ether oxygens (including phenoxy) is 3. The van der Waals surface area contributed by atoms with E-state index < -0.39 is 5.60 Å². The highest BCUT2D eigenvalue weighted by atomic mass is 16.7. The summed E-state index contributed by atoms with van der Waals surface area (Å²) < 4.78 is 16.4. The maximum absolute atomic E-state index is 12.3. The first-order valence-electron chi connectivity index (χ1n) is 7.66. The minimum absolute atomic E-state index is 0.0730. The van der Waals surface area contributed by atoms with Gasteiger partial charge in [-0.2, -0.15) is 0 Å². The van der Waals surface area contributed by atoms with Gasteiger partial charge < -0.3 is 14.2 Å². The molecule has 0 radical (unpaired) electrons. The zero-order valence-corrected chi connectivity index (χ0v) is 12.6. The first kappa shape index (κ1) is 14.4. The fraction of sp³-hybridized carbons (Fsp3) is 0.588. The Morgan fingerprint density at radius 2 is 1.86 bits per heavy atom. The molecule has 2 aliphatic rings. The molecule has 4 nitrogen and oxygen atoms in total. The van der Waals surface area contributed by atoms with Crippen molar-refractivity contribution in [3.05, 3.63) is 29.8 Å². The second kappa shape index (κ2) is 5.68. The molecule has 0 bridgehead atoms. The summed E-state index contributed by atoms with van der Waals surface area (Å²) in [7, 11) is 1.63. The van der Waals surface area contributed by atoms with Crippen molar-refractivity contribution >= 4 is 5.97 Å². The summed E-state index contributed by atoms with van der Waals surface area (Å²) in [4.78, 5) is 12.3. The number of rotatable bonds is 4. The molecule has 1 heterocycles. The molecule has 1 aliphatic heterocycles. The lowest BCUT2D eigenvalue weighted by Gasteiger charge is -2.22. The number of epoxide rings is 1. The Morgan fingerprint density at radius 3 is 2.48 bits per heavy atom. The van der Waals surface area contributed by atoms with Crippen LogP contribution in [0.25, 0.3) is 0 Å². The molecule has 0 spiro atoms. The summed E-state index contributed by atoms with van der Waals surface area (Å²) in [6.45, 7) is 1.81. The molecular formula is C17H22O4. The van der Waals surface area contributed by atoms with Gasteiger partial charge in [-0.15, -0.1) is 0 Å². The van der Waals surface area contributed by atoms with Crippen LogP contribution in [-0.4, -0.2) is 24.8 Å². The summed E-state index contributed by atoms with van der Waals surface area (Å²) in [5.41, 5.74) is 0.158. The van der Waals surface area contributed by atoms with Crippen LogP contribution in [0.3, 0.4) is 0 Å². The topological polar surface area (TPSA) is 48.1 Å². The van der Waals surface area contributed by atoms with Crippen LogP contribution in [0.4, 0.5) is 0 Å². The van der Waals surface area contributed by atoms with E-state index in [1.165, 1.54) is 6.42 Å². The summed E-state index contributed by atoms with van der Waals surface area (Å²) in [5.74, 6) is 0.570. The van der Waals surface area contributed by atoms with Crippen LogP contribution in [0.15, 0.2) is 24.3 Å². The van der Waals surface area contributed by atoms with Crippen molar-refractivity contribution in [3.8, 4) is 5.75 Å². The van der Waals surface area contributed by atoms with E-state index in [1.807, 2.05) is 31.2 Å². The Hall–Kier alpha value is -1.55. The van der Waals surface area contributed by atoms with Crippen molar-refractivity contribution in [1.29, 1.82) is 0 Å². The quantitative estimate of drug-likeness (QED) is 0.630. The van der Waals surface area contributed by atoms with Gasteiger partial charge >= 0.3 is 5.97 Å². The van der Waals surface area contributed by atoms with Crippen LogP contribution in [0, 0.1) is 0 Å². The van der Waals surface area contributed by atoms with Crippen LogP contribution >= 0.6 is 0 Å². The fourth-order valence-electron chi connectivity index (χ4n) is 2.98. The van der Waals surface area contributed by atoms with Crippen molar-refractivity contribution in [2.45, 2.75) is 56.8 Å². The van der Waals surface area contributed by atoms with Crippen molar-refractivity contribution < 1.29 is 19.0 Å². The molecule has 2 fully saturated rings. The summed E-state index contributed by atoms with van der Waals surface area (Å²) in [5, 5.41) is 0. The molecule has 1 saturated heterocycles. The maximum atomic E-state index is 12.3. The van der Waals surface area contributed by atoms with Crippen LogP contribution in [0.1, 0.15) is 50.7 Å².